The molecule has 0 saturated carbocycles. The molecule has 0 atom stereocenters. The Bertz CT molecular complexity index is 475. The van der Waals surface area contributed by atoms with Crippen LogP contribution in [0, 0.1) is 5.41 Å². The molecule has 3 heteroatoms. The van der Waals surface area contributed by atoms with Crippen molar-refractivity contribution >= 4 is 23.5 Å². The topological polar surface area (TPSA) is 27.1 Å². The maximum Gasteiger partial charge on any atom is 0.0449 e. The number of hydrogen-bond donors (Lipinski definition) is 1. The number of likely N-dealkylation sites (N-methyl/N-ethyl adjacent to an activating group) is 1. The van der Waals surface area contributed by atoms with E-state index >= 15 is 0 Å². The third kappa shape index (κ3) is 1.45. The van der Waals surface area contributed by atoms with E-state index in [0.29, 0.717) is 0 Å². The van der Waals surface area contributed by atoms with Gasteiger partial charge in [-0.1, -0.05) is 25.4 Å². The minimum absolute atomic E-state index is 0.0907. The zero-order valence-electron chi connectivity index (χ0n) is 9.71. The van der Waals surface area contributed by atoms with Gasteiger partial charge in [0.05, 0.1) is 0 Å². The van der Waals surface area contributed by atoms with E-state index in [2.05, 4.69) is 18.7 Å². The lowest BCUT2D eigenvalue weighted by molar-refractivity contribution is 0.641. The quantitative estimate of drug-likeness (QED) is 0.739. The van der Waals surface area contributed by atoms with Crippen LogP contribution in [0.5, 0.6) is 0 Å². The summed E-state index contributed by atoms with van der Waals surface area (Å²) in [5.41, 5.74) is 3.42. The number of benzene rings is 1. The van der Waals surface area contributed by atoms with Gasteiger partial charge in [-0.2, -0.15) is 0 Å². The van der Waals surface area contributed by atoms with E-state index in [0.717, 1.165) is 10.7 Å². The van der Waals surface area contributed by atoms with E-state index < -0.39 is 0 Å². The molecule has 0 spiro atoms. The van der Waals surface area contributed by atoms with Crippen LogP contribution in [-0.4, -0.2) is 13.3 Å². The Balaban J connectivity index is 2.66. The van der Waals surface area contributed by atoms with Crippen molar-refractivity contribution in [3.8, 4) is 0 Å². The molecule has 0 saturated heterocycles. The second kappa shape index (κ2) is 3.63. The number of nitrogens with one attached hydrogen (secondary N) is 1. The number of anilines is 1. The highest BCUT2D eigenvalue weighted by molar-refractivity contribution is 6.30. The highest BCUT2D eigenvalue weighted by Gasteiger charge is 2.38. The van der Waals surface area contributed by atoms with Gasteiger partial charge in [-0.3, -0.25) is 0 Å². The molecule has 1 aromatic carbocycles. The van der Waals surface area contributed by atoms with Gasteiger partial charge in [-0.05, 0) is 29.8 Å². The lowest BCUT2D eigenvalue weighted by Gasteiger charge is -2.23. The van der Waals surface area contributed by atoms with Crippen molar-refractivity contribution < 1.29 is 0 Å². The maximum atomic E-state index is 7.23. The number of fused-ring (bicyclic) bond motifs is 1. The first-order valence-electron chi connectivity index (χ1n) is 5.23. The Labute approximate surface area is 101 Å². The van der Waals surface area contributed by atoms with E-state index in [1.54, 1.807) is 0 Å². The van der Waals surface area contributed by atoms with Crippen molar-refractivity contribution in [1.29, 1.82) is 5.41 Å². The molecule has 0 radical (unpaired) electrons. The molecule has 16 heavy (non-hydrogen) atoms. The molecule has 1 N–H and O–H groups in total. The summed E-state index contributed by atoms with van der Waals surface area (Å²) in [4.78, 5) is 2.12. The highest BCUT2D eigenvalue weighted by Crippen LogP contribution is 2.47. The molecule has 1 aromatic rings. The fourth-order valence-electron chi connectivity index (χ4n) is 2.39. The van der Waals surface area contributed by atoms with Crippen LogP contribution in [0.4, 0.5) is 5.69 Å². The van der Waals surface area contributed by atoms with Crippen LogP contribution in [0.15, 0.2) is 30.0 Å². The van der Waals surface area contributed by atoms with Crippen LogP contribution in [0.3, 0.4) is 0 Å². The highest BCUT2D eigenvalue weighted by atomic mass is 35.5. The molecular weight excluding hydrogens is 220 g/mol. The number of nitrogens with zero attached hydrogens (tertiary/aromatic N) is 1. The first-order valence-corrected chi connectivity index (χ1v) is 5.61. The van der Waals surface area contributed by atoms with Gasteiger partial charge in [-0.25, -0.2) is 0 Å². The first-order chi connectivity index (χ1) is 7.48. The molecule has 2 rings (SSSR count). The fraction of sp³-hybridized carbons (Fsp3) is 0.308. The molecule has 1 aliphatic rings. The summed E-state index contributed by atoms with van der Waals surface area (Å²) in [5.74, 6) is 0. The zero-order chi connectivity index (χ0) is 11.9. The number of allylic oxidation sites excluding steroid dienone is 2. The molecule has 0 bridgehead atoms. The molecule has 0 aromatic heterocycles. The molecule has 1 aliphatic heterocycles. The molecule has 0 aliphatic carbocycles. The van der Waals surface area contributed by atoms with Crippen LogP contribution in [0.25, 0.3) is 0 Å². The van der Waals surface area contributed by atoms with Crippen molar-refractivity contribution in [2.45, 2.75) is 19.3 Å². The van der Waals surface area contributed by atoms with Crippen LogP contribution >= 0.6 is 11.6 Å². The molecule has 1 heterocycles. The van der Waals surface area contributed by atoms with Gasteiger partial charge < -0.3 is 10.3 Å². The molecular formula is C13H15ClN2. The van der Waals surface area contributed by atoms with Crippen LogP contribution in [0.1, 0.15) is 19.4 Å². The largest absolute Gasteiger partial charge is 0.347 e. The standard InChI is InChI=1S/C13H15ClN2/c1-13(2)10-8-9(14)4-5-11(10)16(3)12(13)6-7-15/h4-8,15H,1-3H3/b12-6-,15-7?. The van der Waals surface area contributed by atoms with E-state index in [1.165, 1.54) is 17.5 Å². The van der Waals surface area contributed by atoms with Crippen molar-refractivity contribution in [3.05, 3.63) is 40.6 Å². The third-order valence-corrected chi connectivity index (χ3v) is 3.47. The van der Waals surface area contributed by atoms with Gasteiger partial charge in [0.25, 0.3) is 0 Å². The normalized spacial score (nSPS) is 20.0. The van der Waals surface area contributed by atoms with Crippen LogP contribution in [0.2, 0.25) is 5.02 Å². The van der Waals surface area contributed by atoms with Gasteiger partial charge in [0.2, 0.25) is 0 Å². The summed E-state index contributed by atoms with van der Waals surface area (Å²) in [6.07, 6.45) is 3.18. The summed E-state index contributed by atoms with van der Waals surface area (Å²) < 4.78 is 0. The Morgan fingerprint density at radius 2 is 2.06 bits per heavy atom. The summed E-state index contributed by atoms with van der Waals surface area (Å²) in [6, 6.07) is 5.95. The SMILES string of the molecule is CN1/C(=C\C=N)C(C)(C)c2cc(Cl)ccc21. The summed E-state index contributed by atoms with van der Waals surface area (Å²) in [5, 5.41) is 7.99. The lowest BCUT2D eigenvalue weighted by Crippen LogP contribution is -2.22. The molecule has 0 fully saturated rings. The van der Waals surface area contributed by atoms with E-state index in [4.69, 9.17) is 17.0 Å². The molecule has 0 unspecified atom stereocenters. The van der Waals surface area contributed by atoms with Crippen LogP contribution in [-0.2, 0) is 5.41 Å². The summed E-state index contributed by atoms with van der Waals surface area (Å²) >= 11 is 6.04. The number of rotatable bonds is 1. The Morgan fingerprint density at radius 1 is 1.38 bits per heavy atom. The van der Waals surface area contributed by atoms with Crippen molar-refractivity contribution in [3.63, 3.8) is 0 Å². The van der Waals surface area contributed by atoms with Gasteiger partial charge in [0.1, 0.15) is 0 Å². The smallest absolute Gasteiger partial charge is 0.0449 e. The van der Waals surface area contributed by atoms with E-state index in [9.17, 15) is 0 Å². The predicted octanol–water partition coefficient (Wildman–Crippen LogP) is 3.60. The predicted molar refractivity (Wildman–Crippen MR) is 69.7 cm³/mol. The second-order valence-electron chi connectivity index (χ2n) is 4.56. The van der Waals surface area contributed by atoms with E-state index in [-0.39, 0.29) is 5.41 Å². The number of hydrogen-bond acceptors (Lipinski definition) is 2. The molecule has 2 nitrogen and oxygen atoms in total. The maximum absolute atomic E-state index is 7.23. The van der Waals surface area contributed by atoms with Crippen molar-refractivity contribution in [2.24, 2.45) is 0 Å². The minimum atomic E-state index is -0.0907. The Kier molecular flexibility index (Phi) is 2.55. The van der Waals surface area contributed by atoms with Gasteiger partial charge in [-0.15, -0.1) is 0 Å². The summed E-state index contributed by atoms with van der Waals surface area (Å²) in [6.45, 7) is 4.31. The van der Waals surface area contributed by atoms with Crippen LogP contribution < -0.4 is 4.90 Å². The zero-order valence-corrected chi connectivity index (χ0v) is 10.5. The summed E-state index contributed by atoms with van der Waals surface area (Å²) in [7, 11) is 2.02. The van der Waals surface area contributed by atoms with E-state index in [1.807, 2.05) is 31.3 Å². The lowest BCUT2D eigenvalue weighted by atomic mass is 9.84. The van der Waals surface area contributed by atoms with Gasteiger partial charge in [0.15, 0.2) is 0 Å². The average molecular weight is 235 g/mol. The molecule has 0 amide bonds. The number of halogens is 1. The van der Waals surface area contributed by atoms with Gasteiger partial charge in [0, 0.05) is 35.1 Å². The molecule has 84 valence electrons. The van der Waals surface area contributed by atoms with Crippen molar-refractivity contribution in [1.82, 2.24) is 0 Å². The Hall–Kier alpha value is -1.28. The fourth-order valence-corrected chi connectivity index (χ4v) is 2.56. The van der Waals surface area contributed by atoms with Crippen molar-refractivity contribution in [2.75, 3.05) is 11.9 Å². The average Bonchev–Trinajstić information content (AvgIpc) is 2.40. The monoisotopic (exact) mass is 234 g/mol. The minimum Gasteiger partial charge on any atom is -0.347 e. The Morgan fingerprint density at radius 3 is 2.69 bits per heavy atom. The van der Waals surface area contributed by atoms with Gasteiger partial charge >= 0.3 is 0 Å². The third-order valence-electron chi connectivity index (χ3n) is 3.24. The second-order valence-corrected chi connectivity index (χ2v) is 5.00. The first kappa shape index (κ1) is 11.2.